The smallest absolute Gasteiger partial charge is 0.352 e. The van der Waals surface area contributed by atoms with Crippen LogP contribution in [0.1, 0.15) is 16.1 Å². The van der Waals surface area contributed by atoms with Crippen LogP contribution >= 0.6 is 11.6 Å². The second-order valence-corrected chi connectivity index (χ2v) is 7.60. The molecule has 0 spiro atoms. The first-order valence-corrected chi connectivity index (χ1v) is 10.4. The number of halogens is 1. The number of hydrogen-bond acceptors (Lipinski definition) is 6. The number of nitrogens with zero attached hydrogens (tertiary/aromatic N) is 4. The molecule has 9 nitrogen and oxygen atoms in total. The minimum atomic E-state index is -0.753. The van der Waals surface area contributed by atoms with Crippen LogP contribution in [0, 0.1) is 0 Å². The molecule has 0 aliphatic carbocycles. The van der Waals surface area contributed by atoms with Crippen LogP contribution in [-0.2, 0) is 11.3 Å². The van der Waals surface area contributed by atoms with Crippen molar-refractivity contribution < 1.29 is 14.3 Å². The third-order valence-corrected chi connectivity index (χ3v) is 5.34. The first kappa shape index (κ1) is 21.8. The molecule has 10 heteroatoms. The maximum absolute atomic E-state index is 13.2. The van der Waals surface area contributed by atoms with E-state index in [-0.39, 0.29) is 12.2 Å². The van der Waals surface area contributed by atoms with E-state index in [9.17, 15) is 14.4 Å². The molecule has 32 heavy (non-hydrogen) atoms. The summed E-state index contributed by atoms with van der Waals surface area (Å²) in [5.41, 5.74) is -0.708. The van der Waals surface area contributed by atoms with Gasteiger partial charge in [0, 0.05) is 18.1 Å². The van der Waals surface area contributed by atoms with Crippen LogP contribution in [-0.4, -0.2) is 58.6 Å². The van der Waals surface area contributed by atoms with Crippen molar-refractivity contribution in [2.45, 2.75) is 6.54 Å². The zero-order valence-electron chi connectivity index (χ0n) is 17.4. The van der Waals surface area contributed by atoms with Gasteiger partial charge in [0.05, 0.1) is 32.6 Å². The first-order chi connectivity index (χ1) is 15.5. The lowest BCUT2D eigenvalue weighted by atomic mass is 10.2. The highest BCUT2D eigenvalue weighted by Crippen LogP contribution is 2.14. The number of ether oxygens (including phenoxy) is 2. The van der Waals surface area contributed by atoms with Gasteiger partial charge in [-0.3, -0.25) is 14.2 Å². The van der Waals surface area contributed by atoms with Crippen molar-refractivity contribution >= 4 is 17.5 Å². The number of methoxy groups -OCH3 is 1. The van der Waals surface area contributed by atoms with Gasteiger partial charge in [0.25, 0.3) is 11.5 Å². The standard InChI is InChI=1S/C22H21ClN4O5/c1-31-18-7-5-17(6-8-18)27-22(30)26(14-15-3-2-4-16(23)13-15)21(29)19(24-27)20(28)25-9-11-32-12-10-25/h2-8,13H,9-12,14H2,1H3. The predicted octanol–water partition coefficient (Wildman–Crippen LogP) is 1.58. The van der Waals surface area contributed by atoms with E-state index in [0.29, 0.717) is 48.3 Å². The average molecular weight is 457 g/mol. The van der Waals surface area contributed by atoms with Crippen molar-refractivity contribution in [2.75, 3.05) is 33.4 Å². The van der Waals surface area contributed by atoms with Gasteiger partial charge in [-0.25, -0.2) is 4.79 Å². The van der Waals surface area contributed by atoms with Crippen molar-refractivity contribution in [3.8, 4) is 11.4 Å². The Morgan fingerprint density at radius 1 is 1.12 bits per heavy atom. The van der Waals surface area contributed by atoms with Crippen molar-refractivity contribution in [3.05, 3.63) is 85.6 Å². The molecule has 1 aliphatic heterocycles. The molecule has 0 atom stereocenters. The van der Waals surface area contributed by atoms with Crippen LogP contribution in [0.3, 0.4) is 0 Å². The fourth-order valence-electron chi connectivity index (χ4n) is 3.41. The lowest BCUT2D eigenvalue weighted by Crippen LogP contribution is -2.48. The second-order valence-electron chi connectivity index (χ2n) is 7.17. The van der Waals surface area contributed by atoms with Gasteiger partial charge in [0.15, 0.2) is 0 Å². The summed E-state index contributed by atoms with van der Waals surface area (Å²) in [5, 5.41) is 4.64. The number of aromatic nitrogens is 3. The van der Waals surface area contributed by atoms with E-state index in [0.717, 1.165) is 9.25 Å². The molecule has 1 fully saturated rings. The molecule has 4 rings (SSSR count). The monoisotopic (exact) mass is 456 g/mol. The maximum Gasteiger partial charge on any atom is 0.352 e. The van der Waals surface area contributed by atoms with Gasteiger partial charge in [-0.1, -0.05) is 23.7 Å². The number of benzene rings is 2. The van der Waals surface area contributed by atoms with Crippen LogP contribution in [0.2, 0.25) is 5.02 Å². The molecule has 3 aromatic rings. The topological polar surface area (TPSA) is 95.7 Å². The molecule has 0 unspecified atom stereocenters. The van der Waals surface area contributed by atoms with E-state index in [1.54, 1.807) is 48.5 Å². The van der Waals surface area contributed by atoms with E-state index >= 15 is 0 Å². The summed E-state index contributed by atoms with van der Waals surface area (Å²) < 4.78 is 12.5. The summed E-state index contributed by atoms with van der Waals surface area (Å²) in [5.74, 6) is 0.0547. The van der Waals surface area contributed by atoms with E-state index in [1.807, 2.05) is 0 Å². The number of carbonyl (C=O) groups is 1. The average Bonchev–Trinajstić information content (AvgIpc) is 2.82. The molecule has 0 saturated carbocycles. The number of rotatable bonds is 5. The Kier molecular flexibility index (Phi) is 6.38. The fourth-order valence-corrected chi connectivity index (χ4v) is 3.63. The van der Waals surface area contributed by atoms with E-state index < -0.39 is 17.2 Å². The minimum absolute atomic E-state index is 0.0553. The van der Waals surface area contributed by atoms with Gasteiger partial charge in [-0.05, 0) is 42.0 Å². The van der Waals surface area contributed by atoms with Crippen LogP contribution in [0.4, 0.5) is 0 Å². The lowest BCUT2D eigenvalue weighted by molar-refractivity contribution is 0.0295. The van der Waals surface area contributed by atoms with Crippen LogP contribution < -0.4 is 16.0 Å². The number of morpholine rings is 1. The molecular formula is C22H21ClN4O5. The zero-order valence-corrected chi connectivity index (χ0v) is 18.1. The summed E-state index contributed by atoms with van der Waals surface area (Å²) in [6, 6.07) is 13.4. The number of hydrogen-bond donors (Lipinski definition) is 0. The Labute approximate surface area is 188 Å². The minimum Gasteiger partial charge on any atom is -0.497 e. The summed E-state index contributed by atoms with van der Waals surface area (Å²) in [4.78, 5) is 41.1. The highest BCUT2D eigenvalue weighted by Gasteiger charge is 2.26. The van der Waals surface area contributed by atoms with Crippen molar-refractivity contribution in [1.82, 2.24) is 19.2 Å². The number of amides is 1. The molecule has 0 radical (unpaired) electrons. The van der Waals surface area contributed by atoms with Crippen LogP contribution in [0.25, 0.3) is 5.69 Å². The van der Waals surface area contributed by atoms with Gasteiger partial charge in [0.1, 0.15) is 5.75 Å². The molecule has 1 aromatic heterocycles. The summed E-state index contributed by atoms with van der Waals surface area (Å²) in [6.07, 6.45) is 0. The molecule has 166 valence electrons. The predicted molar refractivity (Wildman–Crippen MR) is 118 cm³/mol. The van der Waals surface area contributed by atoms with Gasteiger partial charge < -0.3 is 14.4 Å². The maximum atomic E-state index is 13.2. The zero-order chi connectivity index (χ0) is 22.7. The van der Waals surface area contributed by atoms with Crippen molar-refractivity contribution in [1.29, 1.82) is 0 Å². The summed E-state index contributed by atoms with van der Waals surface area (Å²) >= 11 is 6.06. The number of carbonyl (C=O) groups excluding carboxylic acids is 1. The van der Waals surface area contributed by atoms with E-state index in [2.05, 4.69) is 5.10 Å². The largest absolute Gasteiger partial charge is 0.497 e. The van der Waals surface area contributed by atoms with Crippen molar-refractivity contribution in [2.24, 2.45) is 0 Å². The Hall–Kier alpha value is -3.43. The SMILES string of the molecule is COc1ccc(-n2nc(C(=O)N3CCOCC3)c(=O)n(Cc3cccc(Cl)c3)c2=O)cc1. The molecule has 1 aliphatic rings. The normalized spacial score (nSPS) is 13.8. The summed E-state index contributed by atoms with van der Waals surface area (Å²) in [7, 11) is 1.53. The lowest BCUT2D eigenvalue weighted by Gasteiger charge is -2.26. The van der Waals surface area contributed by atoms with Crippen LogP contribution in [0.15, 0.2) is 58.1 Å². The highest BCUT2D eigenvalue weighted by molar-refractivity contribution is 6.30. The fraction of sp³-hybridized carbons (Fsp3) is 0.273. The molecule has 0 N–H and O–H groups in total. The summed E-state index contributed by atoms with van der Waals surface area (Å²) in [6.45, 7) is 1.38. The molecule has 1 saturated heterocycles. The van der Waals surface area contributed by atoms with E-state index in [4.69, 9.17) is 21.1 Å². The Balaban J connectivity index is 1.85. The quantitative estimate of drug-likeness (QED) is 0.578. The Bertz CT molecular complexity index is 1250. The van der Waals surface area contributed by atoms with Gasteiger partial charge in [-0.15, -0.1) is 0 Å². The van der Waals surface area contributed by atoms with Gasteiger partial charge in [0.2, 0.25) is 5.69 Å². The third kappa shape index (κ3) is 4.44. The molecule has 1 amide bonds. The van der Waals surface area contributed by atoms with E-state index in [1.165, 1.54) is 12.0 Å². The first-order valence-electron chi connectivity index (χ1n) is 9.98. The van der Waals surface area contributed by atoms with Crippen LogP contribution in [0.5, 0.6) is 5.75 Å². The third-order valence-electron chi connectivity index (χ3n) is 5.11. The molecule has 2 aromatic carbocycles. The van der Waals surface area contributed by atoms with Crippen molar-refractivity contribution in [3.63, 3.8) is 0 Å². The molecular weight excluding hydrogens is 436 g/mol. The highest BCUT2D eigenvalue weighted by atomic mass is 35.5. The Morgan fingerprint density at radius 2 is 1.84 bits per heavy atom. The molecule has 2 heterocycles. The van der Waals surface area contributed by atoms with Gasteiger partial charge in [-0.2, -0.15) is 9.78 Å². The van der Waals surface area contributed by atoms with Gasteiger partial charge >= 0.3 is 5.69 Å². The molecule has 0 bridgehead atoms. The second kappa shape index (κ2) is 9.37. The Morgan fingerprint density at radius 3 is 2.50 bits per heavy atom.